The lowest BCUT2D eigenvalue weighted by molar-refractivity contribution is 0.0696. The smallest absolute Gasteiger partial charge is 0.335 e. The Morgan fingerprint density at radius 3 is 2.43 bits per heavy atom. The second kappa shape index (κ2) is 6.14. The minimum atomic E-state index is -3.66. The topological polar surface area (TPSA) is 83.5 Å². The molecule has 120 valence electrons. The highest BCUT2D eigenvalue weighted by molar-refractivity contribution is 7.89. The van der Waals surface area contributed by atoms with Gasteiger partial charge in [-0.3, -0.25) is 0 Å². The number of benzene rings is 2. The van der Waals surface area contributed by atoms with E-state index < -0.39 is 16.0 Å². The molecular formula is C17H17NO4S. The van der Waals surface area contributed by atoms with Crippen LogP contribution >= 0.6 is 0 Å². The summed E-state index contributed by atoms with van der Waals surface area (Å²) >= 11 is 0. The van der Waals surface area contributed by atoms with Gasteiger partial charge in [0.2, 0.25) is 10.0 Å². The summed E-state index contributed by atoms with van der Waals surface area (Å²) in [6.45, 7) is 0.219. The molecule has 0 heterocycles. The first-order valence-electron chi connectivity index (χ1n) is 7.39. The van der Waals surface area contributed by atoms with E-state index in [1.807, 2.05) is 6.07 Å². The first-order valence-corrected chi connectivity index (χ1v) is 8.88. The molecule has 0 saturated heterocycles. The highest BCUT2D eigenvalue weighted by Gasteiger charge is 2.16. The summed E-state index contributed by atoms with van der Waals surface area (Å²) in [6.07, 6.45) is 3.30. The van der Waals surface area contributed by atoms with E-state index in [2.05, 4.69) is 16.9 Å². The van der Waals surface area contributed by atoms with Crippen LogP contribution < -0.4 is 4.72 Å². The van der Waals surface area contributed by atoms with Crippen LogP contribution in [0.1, 0.15) is 33.5 Å². The highest BCUT2D eigenvalue weighted by Crippen LogP contribution is 2.23. The quantitative estimate of drug-likeness (QED) is 0.881. The van der Waals surface area contributed by atoms with E-state index in [1.54, 1.807) is 0 Å². The lowest BCUT2D eigenvalue weighted by Crippen LogP contribution is -2.23. The maximum absolute atomic E-state index is 12.3. The fourth-order valence-electron chi connectivity index (χ4n) is 2.77. The van der Waals surface area contributed by atoms with Crippen LogP contribution in [0, 0.1) is 0 Å². The maximum Gasteiger partial charge on any atom is 0.335 e. The van der Waals surface area contributed by atoms with Crippen molar-refractivity contribution in [2.24, 2.45) is 0 Å². The van der Waals surface area contributed by atoms with Gasteiger partial charge in [0.15, 0.2) is 0 Å². The molecule has 23 heavy (non-hydrogen) atoms. The standard InChI is InChI=1S/C17H17NO4S/c19-17(20)14-6-8-16(9-7-14)23(21,22)18-11-12-4-5-13-2-1-3-15(13)10-12/h4-10,18H,1-3,11H2,(H,19,20). The van der Waals surface area contributed by atoms with Gasteiger partial charge in [-0.05, 0) is 60.2 Å². The Morgan fingerprint density at radius 1 is 1.04 bits per heavy atom. The average molecular weight is 331 g/mol. The van der Waals surface area contributed by atoms with Gasteiger partial charge in [-0.1, -0.05) is 18.2 Å². The van der Waals surface area contributed by atoms with Crippen molar-refractivity contribution >= 4 is 16.0 Å². The van der Waals surface area contributed by atoms with Gasteiger partial charge in [0.25, 0.3) is 0 Å². The van der Waals surface area contributed by atoms with Crippen LogP contribution in [0.3, 0.4) is 0 Å². The van der Waals surface area contributed by atoms with E-state index in [0.717, 1.165) is 24.8 Å². The van der Waals surface area contributed by atoms with Crippen LogP contribution in [0.5, 0.6) is 0 Å². The number of carboxylic acid groups (broad SMARTS) is 1. The summed E-state index contributed by atoms with van der Waals surface area (Å²) in [7, 11) is -3.66. The van der Waals surface area contributed by atoms with Crippen LogP contribution in [0.4, 0.5) is 0 Å². The van der Waals surface area contributed by atoms with Gasteiger partial charge in [-0.2, -0.15) is 0 Å². The summed E-state index contributed by atoms with van der Waals surface area (Å²) in [5.74, 6) is -1.08. The molecule has 0 fully saturated rings. The average Bonchev–Trinajstić information content (AvgIpc) is 3.01. The number of carbonyl (C=O) groups is 1. The van der Waals surface area contributed by atoms with Crippen LogP contribution in [-0.2, 0) is 29.4 Å². The van der Waals surface area contributed by atoms with Crippen LogP contribution in [0.15, 0.2) is 47.4 Å². The molecule has 5 nitrogen and oxygen atoms in total. The molecule has 0 saturated carbocycles. The van der Waals surface area contributed by atoms with E-state index in [4.69, 9.17) is 5.11 Å². The van der Waals surface area contributed by atoms with E-state index in [-0.39, 0.29) is 17.0 Å². The molecule has 0 spiro atoms. The molecule has 0 bridgehead atoms. The Bertz CT molecular complexity index is 841. The van der Waals surface area contributed by atoms with Gasteiger partial charge in [0, 0.05) is 6.54 Å². The first-order chi connectivity index (χ1) is 11.0. The minimum Gasteiger partial charge on any atom is -0.478 e. The van der Waals surface area contributed by atoms with Crippen molar-refractivity contribution in [3.8, 4) is 0 Å². The zero-order valence-corrected chi connectivity index (χ0v) is 13.3. The molecule has 0 atom stereocenters. The van der Waals surface area contributed by atoms with E-state index in [9.17, 15) is 13.2 Å². The van der Waals surface area contributed by atoms with Gasteiger partial charge in [0.1, 0.15) is 0 Å². The predicted molar refractivity (Wildman–Crippen MR) is 85.9 cm³/mol. The fourth-order valence-corrected chi connectivity index (χ4v) is 3.79. The summed E-state index contributed by atoms with van der Waals surface area (Å²) in [5, 5.41) is 8.84. The molecule has 2 N–H and O–H groups in total. The van der Waals surface area contributed by atoms with Crippen molar-refractivity contribution in [3.05, 3.63) is 64.7 Å². The van der Waals surface area contributed by atoms with E-state index in [1.165, 1.54) is 35.4 Å². The number of rotatable bonds is 5. The number of sulfonamides is 1. The molecule has 6 heteroatoms. The number of aryl methyl sites for hydroxylation is 2. The summed E-state index contributed by atoms with van der Waals surface area (Å²) < 4.78 is 27.1. The minimum absolute atomic E-state index is 0.0579. The van der Waals surface area contributed by atoms with Gasteiger partial charge in [0.05, 0.1) is 10.5 Å². The number of carboxylic acids is 1. The normalized spacial score (nSPS) is 13.7. The van der Waals surface area contributed by atoms with Crippen molar-refractivity contribution in [2.45, 2.75) is 30.7 Å². The van der Waals surface area contributed by atoms with Crippen LogP contribution in [-0.4, -0.2) is 19.5 Å². The second-order valence-electron chi connectivity index (χ2n) is 5.61. The Morgan fingerprint density at radius 2 is 1.74 bits per heavy atom. The van der Waals surface area contributed by atoms with Gasteiger partial charge in [-0.25, -0.2) is 17.9 Å². The van der Waals surface area contributed by atoms with Gasteiger partial charge in [-0.15, -0.1) is 0 Å². The molecule has 3 rings (SSSR count). The fraction of sp³-hybridized carbons (Fsp3) is 0.235. The highest BCUT2D eigenvalue weighted by atomic mass is 32.2. The Kier molecular flexibility index (Phi) is 4.19. The molecule has 0 unspecified atom stereocenters. The summed E-state index contributed by atoms with van der Waals surface area (Å²) in [6, 6.07) is 11.2. The molecule has 1 aliphatic carbocycles. The Labute approximate surface area is 135 Å². The third kappa shape index (κ3) is 3.43. The van der Waals surface area contributed by atoms with Crippen molar-refractivity contribution < 1.29 is 18.3 Å². The zero-order chi connectivity index (χ0) is 16.4. The zero-order valence-electron chi connectivity index (χ0n) is 12.5. The summed E-state index contributed by atoms with van der Waals surface area (Å²) in [4.78, 5) is 10.9. The SMILES string of the molecule is O=C(O)c1ccc(S(=O)(=O)NCc2ccc3c(c2)CCC3)cc1. The third-order valence-electron chi connectivity index (χ3n) is 4.04. The predicted octanol–water partition coefficient (Wildman–Crippen LogP) is 2.35. The molecule has 2 aromatic carbocycles. The van der Waals surface area contributed by atoms with Crippen molar-refractivity contribution in [3.63, 3.8) is 0 Å². The number of hydrogen-bond donors (Lipinski definition) is 2. The maximum atomic E-state index is 12.3. The molecule has 0 aliphatic heterocycles. The van der Waals surface area contributed by atoms with Gasteiger partial charge < -0.3 is 5.11 Å². The van der Waals surface area contributed by atoms with Crippen molar-refractivity contribution in [1.29, 1.82) is 0 Å². The molecule has 0 amide bonds. The van der Waals surface area contributed by atoms with E-state index >= 15 is 0 Å². The van der Waals surface area contributed by atoms with Gasteiger partial charge >= 0.3 is 5.97 Å². The van der Waals surface area contributed by atoms with Crippen LogP contribution in [0.25, 0.3) is 0 Å². The summed E-state index contributed by atoms with van der Waals surface area (Å²) in [5.41, 5.74) is 3.63. The van der Waals surface area contributed by atoms with E-state index in [0.29, 0.717) is 0 Å². The molecule has 2 aromatic rings. The molecule has 1 aliphatic rings. The van der Waals surface area contributed by atoms with Crippen LogP contribution in [0.2, 0.25) is 0 Å². The number of fused-ring (bicyclic) bond motifs is 1. The number of hydrogen-bond acceptors (Lipinski definition) is 3. The largest absolute Gasteiger partial charge is 0.478 e. The molecular weight excluding hydrogens is 314 g/mol. The lowest BCUT2D eigenvalue weighted by Gasteiger charge is -2.08. The Balaban J connectivity index is 1.72. The molecule has 0 radical (unpaired) electrons. The van der Waals surface area contributed by atoms with Crippen molar-refractivity contribution in [1.82, 2.24) is 4.72 Å². The number of nitrogens with one attached hydrogen (secondary N) is 1. The molecule has 0 aromatic heterocycles. The third-order valence-corrected chi connectivity index (χ3v) is 5.46. The Hall–Kier alpha value is -2.18. The monoisotopic (exact) mass is 331 g/mol. The van der Waals surface area contributed by atoms with Crippen molar-refractivity contribution in [2.75, 3.05) is 0 Å². The number of aromatic carboxylic acids is 1. The lowest BCUT2D eigenvalue weighted by atomic mass is 10.1. The first kappa shape index (κ1) is 15.7. The second-order valence-corrected chi connectivity index (χ2v) is 7.38.